The Hall–Kier alpha value is -2.72. The predicted molar refractivity (Wildman–Crippen MR) is 95.6 cm³/mol. The number of benzene rings is 2. The van der Waals surface area contributed by atoms with Crippen molar-refractivity contribution in [1.29, 1.82) is 0 Å². The highest BCUT2D eigenvalue weighted by Crippen LogP contribution is 2.12. The second-order valence-electron chi connectivity index (χ2n) is 4.84. The van der Waals surface area contributed by atoms with Crippen molar-refractivity contribution in [2.75, 3.05) is 0 Å². The molecule has 2 aromatic rings. The van der Waals surface area contributed by atoms with Crippen LogP contribution < -0.4 is 0 Å². The van der Waals surface area contributed by atoms with Gasteiger partial charge in [-0.25, -0.2) is 0 Å². The van der Waals surface area contributed by atoms with E-state index in [0.29, 0.717) is 0 Å². The van der Waals surface area contributed by atoms with Gasteiger partial charge in [-0.15, -0.1) is 0 Å². The maximum atomic E-state index is 11.8. The third-order valence-corrected chi connectivity index (χ3v) is 5.18. The van der Waals surface area contributed by atoms with Crippen molar-refractivity contribution in [1.82, 2.24) is 0 Å². The number of hydrogen-bond donors (Lipinski definition) is 0. The van der Waals surface area contributed by atoms with E-state index in [1.54, 1.807) is 36.4 Å². The van der Waals surface area contributed by atoms with Crippen LogP contribution in [0.1, 0.15) is 12.8 Å². The maximum absolute atomic E-state index is 11.8. The second-order valence-corrected chi connectivity index (χ2v) is 7.89. The molecule has 0 N–H and O–H groups in total. The highest BCUT2D eigenvalue weighted by atomic mass is 32.2. The average Bonchev–Trinajstić information content (AvgIpc) is 2.65. The molecule has 0 radical (unpaired) electrons. The molecule has 0 saturated carbocycles. The number of oxime groups is 2. The van der Waals surface area contributed by atoms with Crippen LogP contribution in [0.5, 0.6) is 0 Å². The lowest BCUT2D eigenvalue weighted by atomic mass is 10.4. The predicted octanol–water partition coefficient (Wildman–Crippen LogP) is 2.55. The van der Waals surface area contributed by atoms with Crippen LogP contribution in [-0.4, -0.2) is 29.3 Å². The van der Waals surface area contributed by atoms with Gasteiger partial charge >= 0.3 is 20.2 Å². The standard InChI is InChI=1S/C16H16N2O6S2/c19-25(20,15-9-3-1-4-10-15)23-17-13-7-8-14-18-24-26(21,22)16-11-5-2-6-12-16/h1-6,9-14H,7-8H2. The van der Waals surface area contributed by atoms with Crippen molar-refractivity contribution in [3.63, 3.8) is 0 Å². The van der Waals surface area contributed by atoms with Gasteiger partial charge in [-0.05, 0) is 37.1 Å². The molecule has 0 saturated heterocycles. The molecule has 0 amide bonds. The third kappa shape index (κ3) is 5.97. The molecule has 8 nitrogen and oxygen atoms in total. The molecule has 0 unspecified atom stereocenters. The van der Waals surface area contributed by atoms with Crippen LogP contribution in [0, 0.1) is 0 Å². The summed E-state index contributed by atoms with van der Waals surface area (Å²) in [5.41, 5.74) is 0. The Kier molecular flexibility index (Phi) is 6.87. The zero-order valence-corrected chi connectivity index (χ0v) is 15.1. The van der Waals surface area contributed by atoms with Crippen LogP contribution in [0.15, 0.2) is 80.8 Å². The molecule has 0 aliphatic carbocycles. The van der Waals surface area contributed by atoms with Gasteiger partial charge in [-0.3, -0.25) is 8.57 Å². The minimum absolute atomic E-state index is 0.00164. The van der Waals surface area contributed by atoms with Crippen LogP contribution in [0.2, 0.25) is 0 Å². The Balaban J connectivity index is 1.75. The van der Waals surface area contributed by atoms with Gasteiger partial charge in [-0.2, -0.15) is 16.8 Å². The summed E-state index contributed by atoms with van der Waals surface area (Å²) in [5.74, 6) is 0. The van der Waals surface area contributed by atoms with E-state index in [1.807, 2.05) is 0 Å². The number of unbranched alkanes of at least 4 members (excludes halogenated alkanes) is 1. The van der Waals surface area contributed by atoms with Crippen LogP contribution in [0.3, 0.4) is 0 Å². The summed E-state index contributed by atoms with van der Waals surface area (Å²) in [5, 5.41) is 6.76. The van der Waals surface area contributed by atoms with E-state index in [4.69, 9.17) is 0 Å². The zero-order valence-electron chi connectivity index (χ0n) is 13.5. The SMILES string of the molecule is O=S(=O)(ON=CCCC=NOS(=O)(=O)c1ccccc1)c1ccccc1. The van der Waals surface area contributed by atoms with Crippen LogP contribution in [0.25, 0.3) is 0 Å². The molecule has 138 valence electrons. The molecule has 0 aliphatic heterocycles. The van der Waals surface area contributed by atoms with E-state index in [2.05, 4.69) is 18.9 Å². The minimum Gasteiger partial charge on any atom is -0.265 e. The van der Waals surface area contributed by atoms with Gasteiger partial charge in [0.1, 0.15) is 9.79 Å². The fourth-order valence-corrected chi connectivity index (χ4v) is 3.19. The fourth-order valence-electron chi connectivity index (χ4n) is 1.69. The van der Waals surface area contributed by atoms with Gasteiger partial charge in [0.25, 0.3) is 0 Å². The fraction of sp³-hybridized carbons (Fsp3) is 0.125. The van der Waals surface area contributed by atoms with E-state index in [-0.39, 0.29) is 22.6 Å². The van der Waals surface area contributed by atoms with Crippen molar-refractivity contribution in [3.8, 4) is 0 Å². The average molecular weight is 396 g/mol. The molecule has 0 spiro atoms. The maximum Gasteiger partial charge on any atom is 0.358 e. The third-order valence-electron chi connectivity index (χ3n) is 2.92. The van der Waals surface area contributed by atoms with Crippen LogP contribution >= 0.6 is 0 Å². The monoisotopic (exact) mass is 396 g/mol. The van der Waals surface area contributed by atoms with Crippen molar-refractivity contribution in [2.24, 2.45) is 10.3 Å². The summed E-state index contributed by atoms with van der Waals surface area (Å²) in [4.78, 5) is -0.00328. The number of rotatable bonds is 9. The summed E-state index contributed by atoms with van der Waals surface area (Å²) in [6.45, 7) is 0. The number of hydrogen-bond acceptors (Lipinski definition) is 8. The van der Waals surface area contributed by atoms with E-state index in [9.17, 15) is 16.8 Å². The highest BCUT2D eigenvalue weighted by Gasteiger charge is 2.14. The van der Waals surface area contributed by atoms with Gasteiger partial charge in [0.2, 0.25) is 0 Å². The van der Waals surface area contributed by atoms with Crippen molar-refractivity contribution in [3.05, 3.63) is 60.7 Å². The molecular weight excluding hydrogens is 380 g/mol. The first kappa shape index (κ1) is 19.6. The molecule has 0 aliphatic rings. The van der Waals surface area contributed by atoms with Gasteiger partial charge in [-0.1, -0.05) is 46.7 Å². The molecular formula is C16H16N2O6S2. The first-order valence-corrected chi connectivity index (χ1v) is 10.2. The van der Waals surface area contributed by atoms with Crippen LogP contribution in [0.4, 0.5) is 0 Å². The second kappa shape index (κ2) is 9.11. The molecule has 2 rings (SSSR count). The summed E-state index contributed by atoms with van der Waals surface area (Å²) >= 11 is 0. The molecule has 26 heavy (non-hydrogen) atoms. The Morgan fingerprint density at radius 3 is 1.35 bits per heavy atom. The molecule has 10 heteroatoms. The topological polar surface area (TPSA) is 111 Å². The molecule has 0 heterocycles. The first-order chi connectivity index (χ1) is 12.4. The minimum atomic E-state index is -3.94. The van der Waals surface area contributed by atoms with E-state index >= 15 is 0 Å². The molecule has 0 aromatic heterocycles. The summed E-state index contributed by atoms with van der Waals surface area (Å²) in [6.07, 6.45) is 3.03. The summed E-state index contributed by atoms with van der Waals surface area (Å²) in [7, 11) is -7.89. The van der Waals surface area contributed by atoms with Gasteiger partial charge in [0, 0.05) is 12.4 Å². The molecule has 0 atom stereocenters. The van der Waals surface area contributed by atoms with Crippen LogP contribution in [-0.2, 0) is 28.8 Å². The Morgan fingerprint density at radius 1 is 0.654 bits per heavy atom. The normalized spacial score (nSPS) is 12.5. The smallest absolute Gasteiger partial charge is 0.265 e. The van der Waals surface area contributed by atoms with E-state index < -0.39 is 20.2 Å². The largest absolute Gasteiger partial charge is 0.358 e. The van der Waals surface area contributed by atoms with E-state index in [1.165, 1.54) is 36.7 Å². The molecule has 2 aromatic carbocycles. The lowest BCUT2D eigenvalue weighted by Crippen LogP contribution is -2.02. The Bertz CT molecular complexity index is 875. The van der Waals surface area contributed by atoms with E-state index in [0.717, 1.165) is 0 Å². The molecule has 0 bridgehead atoms. The Labute approximate surface area is 152 Å². The van der Waals surface area contributed by atoms with Crippen molar-refractivity contribution >= 4 is 32.7 Å². The quantitative estimate of drug-likeness (QED) is 0.366. The summed E-state index contributed by atoms with van der Waals surface area (Å²) in [6, 6.07) is 15.2. The summed E-state index contributed by atoms with van der Waals surface area (Å²) < 4.78 is 56.1. The lowest BCUT2D eigenvalue weighted by molar-refractivity contribution is 0.338. The van der Waals surface area contributed by atoms with Gasteiger partial charge in [0.05, 0.1) is 0 Å². The van der Waals surface area contributed by atoms with Crippen molar-refractivity contribution in [2.45, 2.75) is 22.6 Å². The number of nitrogens with zero attached hydrogens (tertiary/aromatic N) is 2. The zero-order chi connectivity index (χ0) is 18.9. The first-order valence-electron chi connectivity index (χ1n) is 7.43. The van der Waals surface area contributed by atoms with Crippen molar-refractivity contribution < 1.29 is 25.4 Å². The van der Waals surface area contributed by atoms with Gasteiger partial charge < -0.3 is 0 Å². The highest BCUT2D eigenvalue weighted by molar-refractivity contribution is 7.87. The lowest BCUT2D eigenvalue weighted by Gasteiger charge is -2.00. The Morgan fingerprint density at radius 2 is 1.00 bits per heavy atom. The van der Waals surface area contributed by atoms with Gasteiger partial charge in [0.15, 0.2) is 0 Å². The molecule has 0 fully saturated rings.